The molecule has 3 aromatic rings. The van der Waals surface area contributed by atoms with Crippen molar-refractivity contribution >= 4 is 17.5 Å². The fourth-order valence-electron chi connectivity index (χ4n) is 2.81. The van der Waals surface area contributed by atoms with Crippen molar-refractivity contribution in [3.05, 3.63) is 59.3 Å². The van der Waals surface area contributed by atoms with Crippen LogP contribution in [0.15, 0.2) is 51.5 Å². The summed E-state index contributed by atoms with van der Waals surface area (Å²) in [6, 6.07) is 11.2. The smallest absolute Gasteiger partial charge is 0.247 e. The number of hydrogen-bond acceptors (Lipinski definition) is 5. The van der Waals surface area contributed by atoms with Crippen LogP contribution in [0.1, 0.15) is 30.9 Å². The number of hydrogen-bond donors (Lipinski definition) is 0. The number of carbonyl (C=O) groups excluding carboxylic acids is 1. The van der Waals surface area contributed by atoms with Gasteiger partial charge in [-0.1, -0.05) is 11.6 Å². The van der Waals surface area contributed by atoms with Gasteiger partial charge in [0.2, 0.25) is 17.7 Å². The van der Waals surface area contributed by atoms with E-state index >= 15 is 0 Å². The third-order valence-electron chi connectivity index (χ3n) is 4.34. The number of aromatic nitrogens is 2. The molecule has 7 heteroatoms. The van der Waals surface area contributed by atoms with Crippen molar-refractivity contribution in [1.29, 1.82) is 0 Å². The van der Waals surface area contributed by atoms with Crippen LogP contribution in [0.25, 0.3) is 11.5 Å². The third kappa shape index (κ3) is 3.96. The second kappa shape index (κ2) is 7.33. The summed E-state index contributed by atoms with van der Waals surface area (Å²) in [5, 5.41) is 8.83. The van der Waals surface area contributed by atoms with Gasteiger partial charge in [-0.05, 0) is 49.2 Å². The topological polar surface area (TPSA) is 72.4 Å². The third-order valence-corrected chi connectivity index (χ3v) is 4.59. The molecule has 4 rings (SSSR count). The van der Waals surface area contributed by atoms with Gasteiger partial charge in [0.25, 0.3) is 0 Å². The SMILES string of the molecule is O=C(CCc1ccco1)N(Cc1nnc(-c2ccc(Cl)cc2)o1)C1CC1. The minimum absolute atomic E-state index is 0.0788. The Morgan fingerprint density at radius 1 is 1.19 bits per heavy atom. The quantitative estimate of drug-likeness (QED) is 0.625. The molecule has 26 heavy (non-hydrogen) atoms. The van der Waals surface area contributed by atoms with Crippen LogP contribution in [0.3, 0.4) is 0 Å². The molecule has 2 aromatic heterocycles. The lowest BCUT2D eigenvalue weighted by atomic mass is 10.2. The Balaban J connectivity index is 1.42. The predicted octanol–water partition coefficient (Wildman–Crippen LogP) is 4.11. The highest BCUT2D eigenvalue weighted by atomic mass is 35.5. The molecule has 0 unspecified atom stereocenters. The summed E-state index contributed by atoms with van der Waals surface area (Å²) < 4.78 is 11.0. The van der Waals surface area contributed by atoms with Crippen LogP contribution in [0.4, 0.5) is 0 Å². The van der Waals surface area contributed by atoms with E-state index in [2.05, 4.69) is 10.2 Å². The van der Waals surface area contributed by atoms with E-state index in [1.807, 2.05) is 29.2 Å². The van der Waals surface area contributed by atoms with Crippen molar-refractivity contribution in [3.63, 3.8) is 0 Å². The summed E-state index contributed by atoms with van der Waals surface area (Å²) in [6.07, 6.45) is 4.65. The molecule has 0 radical (unpaired) electrons. The Morgan fingerprint density at radius 3 is 2.69 bits per heavy atom. The molecule has 1 amide bonds. The molecule has 1 aliphatic carbocycles. The predicted molar refractivity (Wildman–Crippen MR) is 95.3 cm³/mol. The maximum Gasteiger partial charge on any atom is 0.247 e. The van der Waals surface area contributed by atoms with Crippen LogP contribution in [0.2, 0.25) is 5.02 Å². The molecule has 1 aromatic carbocycles. The molecule has 0 aliphatic heterocycles. The molecule has 0 spiro atoms. The summed E-state index contributed by atoms with van der Waals surface area (Å²) >= 11 is 5.90. The van der Waals surface area contributed by atoms with E-state index in [4.69, 9.17) is 20.4 Å². The molecular weight excluding hydrogens is 354 g/mol. The molecule has 0 bridgehead atoms. The van der Waals surface area contributed by atoms with Crippen LogP contribution in [0, 0.1) is 0 Å². The van der Waals surface area contributed by atoms with E-state index in [1.54, 1.807) is 18.4 Å². The fraction of sp³-hybridized carbons (Fsp3) is 0.316. The Labute approximate surface area is 155 Å². The van der Waals surface area contributed by atoms with E-state index in [-0.39, 0.29) is 11.9 Å². The summed E-state index contributed by atoms with van der Waals surface area (Å²) in [7, 11) is 0. The standard InChI is InChI=1S/C19H18ClN3O3/c20-14-5-3-13(4-6-14)19-22-21-17(26-19)12-23(15-7-8-15)18(24)10-9-16-2-1-11-25-16/h1-6,11,15H,7-10,12H2. The zero-order chi connectivity index (χ0) is 17.9. The minimum atomic E-state index is 0.0788. The number of benzene rings is 1. The van der Waals surface area contributed by atoms with E-state index < -0.39 is 0 Å². The highest BCUT2D eigenvalue weighted by Gasteiger charge is 2.33. The molecule has 134 valence electrons. The second-order valence-corrected chi connectivity index (χ2v) is 6.78. The first-order valence-corrected chi connectivity index (χ1v) is 8.97. The fourth-order valence-corrected chi connectivity index (χ4v) is 2.93. The van der Waals surface area contributed by atoms with Crippen LogP contribution in [-0.4, -0.2) is 27.0 Å². The molecular formula is C19H18ClN3O3. The zero-order valence-corrected chi connectivity index (χ0v) is 14.9. The van der Waals surface area contributed by atoms with Gasteiger partial charge < -0.3 is 13.7 Å². The molecule has 1 aliphatic rings. The monoisotopic (exact) mass is 371 g/mol. The van der Waals surface area contributed by atoms with Crippen molar-refractivity contribution < 1.29 is 13.6 Å². The van der Waals surface area contributed by atoms with Crippen molar-refractivity contribution in [2.45, 2.75) is 38.3 Å². The van der Waals surface area contributed by atoms with Gasteiger partial charge in [-0.3, -0.25) is 4.79 Å². The number of furan rings is 1. The van der Waals surface area contributed by atoms with Gasteiger partial charge in [0, 0.05) is 29.5 Å². The van der Waals surface area contributed by atoms with Crippen molar-refractivity contribution in [2.24, 2.45) is 0 Å². The van der Waals surface area contributed by atoms with E-state index in [0.717, 1.165) is 24.2 Å². The zero-order valence-electron chi connectivity index (χ0n) is 14.1. The normalized spacial score (nSPS) is 13.7. The molecule has 1 saturated carbocycles. The molecule has 0 atom stereocenters. The molecule has 0 N–H and O–H groups in total. The first-order valence-electron chi connectivity index (χ1n) is 8.59. The summed E-state index contributed by atoms with van der Waals surface area (Å²) in [5.74, 6) is 1.76. The van der Waals surface area contributed by atoms with Crippen molar-refractivity contribution in [2.75, 3.05) is 0 Å². The summed E-state index contributed by atoms with van der Waals surface area (Å²) in [5.41, 5.74) is 0.801. The number of carbonyl (C=O) groups is 1. The minimum Gasteiger partial charge on any atom is -0.469 e. The lowest BCUT2D eigenvalue weighted by molar-refractivity contribution is -0.132. The van der Waals surface area contributed by atoms with Gasteiger partial charge in [0.1, 0.15) is 5.76 Å². The Morgan fingerprint density at radius 2 is 2.00 bits per heavy atom. The van der Waals surface area contributed by atoms with Gasteiger partial charge in [-0.25, -0.2) is 0 Å². The van der Waals surface area contributed by atoms with Crippen LogP contribution in [0.5, 0.6) is 0 Å². The van der Waals surface area contributed by atoms with Crippen molar-refractivity contribution in [1.82, 2.24) is 15.1 Å². The summed E-state index contributed by atoms with van der Waals surface area (Å²) in [4.78, 5) is 14.5. The van der Waals surface area contributed by atoms with E-state index in [0.29, 0.717) is 36.2 Å². The van der Waals surface area contributed by atoms with Gasteiger partial charge in [0.15, 0.2) is 0 Å². The van der Waals surface area contributed by atoms with Crippen LogP contribution in [-0.2, 0) is 17.8 Å². The lowest BCUT2D eigenvalue weighted by Crippen LogP contribution is -2.32. The number of nitrogens with zero attached hydrogens (tertiary/aromatic N) is 3. The first-order chi connectivity index (χ1) is 12.7. The van der Waals surface area contributed by atoms with Crippen LogP contribution < -0.4 is 0 Å². The molecule has 1 fully saturated rings. The lowest BCUT2D eigenvalue weighted by Gasteiger charge is -2.20. The number of aryl methyl sites for hydroxylation is 1. The van der Waals surface area contributed by atoms with Crippen LogP contribution >= 0.6 is 11.6 Å². The Hall–Kier alpha value is -2.60. The highest BCUT2D eigenvalue weighted by molar-refractivity contribution is 6.30. The maximum absolute atomic E-state index is 12.6. The van der Waals surface area contributed by atoms with Gasteiger partial charge >= 0.3 is 0 Å². The molecule has 0 saturated heterocycles. The average molecular weight is 372 g/mol. The average Bonchev–Trinajstić information content (AvgIpc) is 3.16. The summed E-state index contributed by atoms with van der Waals surface area (Å²) in [6.45, 7) is 0.336. The van der Waals surface area contributed by atoms with Crippen molar-refractivity contribution in [3.8, 4) is 11.5 Å². The van der Waals surface area contributed by atoms with E-state index in [9.17, 15) is 4.79 Å². The Bertz CT molecular complexity index is 870. The number of halogens is 1. The first kappa shape index (κ1) is 16.8. The van der Waals surface area contributed by atoms with Gasteiger partial charge in [-0.15, -0.1) is 10.2 Å². The van der Waals surface area contributed by atoms with E-state index in [1.165, 1.54) is 0 Å². The molecule has 2 heterocycles. The second-order valence-electron chi connectivity index (χ2n) is 6.34. The number of rotatable bonds is 7. The maximum atomic E-state index is 12.6. The largest absolute Gasteiger partial charge is 0.469 e. The van der Waals surface area contributed by atoms with Gasteiger partial charge in [0.05, 0.1) is 12.8 Å². The Kier molecular flexibility index (Phi) is 4.75. The van der Waals surface area contributed by atoms with Gasteiger partial charge in [-0.2, -0.15) is 0 Å². The highest BCUT2D eigenvalue weighted by Crippen LogP contribution is 2.29. The number of amides is 1. The molecule has 6 nitrogen and oxygen atoms in total.